The second kappa shape index (κ2) is 3.53. The van der Waals surface area contributed by atoms with Crippen LogP contribution in [0, 0.1) is 0 Å². The summed E-state index contributed by atoms with van der Waals surface area (Å²) in [4.78, 5) is 2.61. The Hall–Kier alpha value is -0.780. The molecule has 0 aliphatic carbocycles. The van der Waals surface area contributed by atoms with Gasteiger partial charge >= 0.3 is 6.18 Å². The van der Waals surface area contributed by atoms with Crippen molar-refractivity contribution in [2.75, 3.05) is 12.0 Å². The van der Waals surface area contributed by atoms with Crippen molar-refractivity contribution in [3.8, 4) is 0 Å². The number of H-pyrrole nitrogens is 1. The fourth-order valence-electron chi connectivity index (χ4n) is 0.987. The first-order chi connectivity index (χ1) is 5.92. The maximum Gasteiger partial charge on any atom is 0.394 e. The molecule has 6 heteroatoms. The molecule has 0 aromatic carbocycles. The third kappa shape index (κ3) is 2.87. The predicted octanol–water partition coefficient (Wildman–Crippen LogP) is 2.42. The first-order valence-corrected chi connectivity index (χ1v) is 4.73. The maximum atomic E-state index is 11.9. The molecule has 2 nitrogen and oxygen atoms in total. The smallest absolute Gasteiger partial charge is 0.394 e. The molecule has 1 aromatic heterocycles. The molecule has 1 aromatic rings. The molecule has 13 heavy (non-hydrogen) atoms. The van der Waals surface area contributed by atoms with Gasteiger partial charge in [-0.25, -0.2) is 0 Å². The molecule has 0 atom stereocenters. The summed E-state index contributed by atoms with van der Waals surface area (Å²) in [7, 11) is 0. The van der Waals surface area contributed by atoms with E-state index in [0.29, 0.717) is 10.7 Å². The van der Waals surface area contributed by atoms with Gasteiger partial charge in [0, 0.05) is 5.69 Å². The summed E-state index contributed by atoms with van der Waals surface area (Å²) in [6, 6.07) is 1.32. The molecule has 0 unspecified atom stereocenters. The fraction of sp³-hybridized carbons (Fsp3) is 0.429. The molecular weight excluding hydrogens is 201 g/mol. The van der Waals surface area contributed by atoms with Gasteiger partial charge in [0.2, 0.25) is 0 Å². The zero-order chi connectivity index (χ0) is 10.1. The van der Waals surface area contributed by atoms with Gasteiger partial charge in [0.15, 0.2) is 0 Å². The van der Waals surface area contributed by atoms with Crippen molar-refractivity contribution < 1.29 is 13.2 Å². The summed E-state index contributed by atoms with van der Waals surface area (Å²) in [5.41, 5.74) is 5.92. The summed E-state index contributed by atoms with van der Waals surface area (Å²) in [6.45, 7) is 0. The molecule has 3 N–H and O–H groups in total. The van der Waals surface area contributed by atoms with Gasteiger partial charge in [0.05, 0.1) is 17.1 Å². The van der Waals surface area contributed by atoms with E-state index in [1.54, 1.807) is 6.26 Å². The zero-order valence-electron chi connectivity index (χ0n) is 6.90. The van der Waals surface area contributed by atoms with Crippen LogP contribution >= 0.6 is 11.8 Å². The second-order valence-electron chi connectivity index (χ2n) is 2.58. The van der Waals surface area contributed by atoms with E-state index in [9.17, 15) is 13.2 Å². The van der Waals surface area contributed by atoms with Gasteiger partial charge in [-0.05, 0) is 12.3 Å². The monoisotopic (exact) mass is 210 g/mol. The number of halogens is 3. The van der Waals surface area contributed by atoms with Crippen molar-refractivity contribution in [3.05, 3.63) is 11.8 Å². The highest BCUT2D eigenvalue weighted by Crippen LogP contribution is 2.27. The van der Waals surface area contributed by atoms with E-state index in [4.69, 9.17) is 5.73 Å². The van der Waals surface area contributed by atoms with Gasteiger partial charge in [-0.2, -0.15) is 13.2 Å². The second-order valence-corrected chi connectivity index (χ2v) is 3.39. The Labute approximate surface area is 77.7 Å². The molecule has 0 spiro atoms. The van der Waals surface area contributed by atoms with Crippen molar-refractivity contribution in [2.45, 2.75) is 17.6 Å². The SMILES string of the molecule is CSc1[nH]c(CC(F)(F)F)cc1N. The summed E-state index contributed by atoms with van der Waals surface area (Å²) >= 11 is 1.29. The van der Waals surface area contributed by atoms with Crippen molar-refractivity contribution in [1.82, 2.24) is 4.98 Å². The molecule has 0 radical (unpaired) electrons. The first kappa shape index (κ1) is 10.3. The van der Waals surface area contributed by atoms with E-state index in [0.717, 1.165) is 0 Å². The molecule has 1 rings (SSSR count). The Morgan fingerprint density at radius 3 is 2.54 bits per heavy atom. The van der Waals surface area contributed by atoms with Crippen LogP contribution in [0.5, 0.6) is 0 Å². The average molecular weight is 210 g/mol. The Kier molecular flexibility index (Phi) is 2.80. The van der Waals surface area contributed by atoms with Crippen LogP contribution in [0.3, 0.4) is 0 Å². The number of nitrogens with one attached hydrogen (secondary N) is 1. The summed E-state index contributed by atoms with van der Waals surface area (Å²) < 4.78 is 35.8. The quantitative estimate of drug-likeness (QED) is 0.736. The highest BCUT2D eigenvalue weighted by molar-refractivity contribution is 7.98. The predicted molar refractivity (Wildman–Crippen MR) is 46.7 cm³/mol. The molecule has 0 amide bonds. The number of alkyl halides is 3. The van der Waals surface area contributed by atoms with Crippen LogP contribution in [0.15, 0.2) is 11.1 Å². The Morgan fingerprint density at radius 2 is 2.15 bits per heavy atom. The largest absolute Gasteiger partial charge is 0.397 e. The topological polar surface area (TPSA) is 41.8 Å². The molecule has 74 valence electrons. The van der Waals surface area contributed by atoms with Gasteiger partial charge in [-0.15, -0.1) is 11.8 Å². The Balaban J connectivity index is 2.80. The summed E-state index contributed by atoms with van der Waals surface area (Å²) in [5.74, 6) is 0. The van der Waals surface area contributed by atoms with Crippen LogP contribution in [0.25, 0.3) is 0 Å². The summed E-state index contributed by atoms with van der Waals surface area (Å²) in [6.07, 6.45) is -3.40. The lowest BCUT2D eigenvalue weighted by Crippen LogP contribution is -2.11. The van der Waals surface area contributed by atoms with E-state index in [-0.39, 0.29) is 5.69 Å². The Bertz CT molecular complexity index is 292. The minimum atomic E-state index is -4.19. The highest BCUT2D eigenvalue weighted by Gasteiger charge is 2.28. The van der Waals surface area contributed by atoms with E-state index in [2.05, 4.69) is 4.98 Å². The lowest BCUT2D eigenvalue weighted by Gasteiger charge is -2.02. The molecule has 0 fully saturated rings. The number of hydrogen-bond acceptors (Lipinski definition) is 2. The maximum absolute atomic E-state index is 11.9. The number of rotatable bonds is 2. The molecule has 1 heterocycles. The molecule has 0 saturated heterocycles. The Morgan fingerprint density at radius 1 is 1.54 bits per heavy atom. The van der Waals surface area contributed by atoms with Crippen LogP contribution < -0.4 is 5.73 Å². The summed E-state index contributed by atoms with van der Waals surface area (Å²) in [5, 5.41) is 0.583. The number of thioether (sulfide) groups is 1. The number of anilines is 1. The highest BCUT2D eigenvalue weighted by atomic mass is 32.2. The zero-order valence-corrected chi connectivity index (χ0v) is 7.72. The standard InChI is InChI=1S/C7H9F3N2S/c1-13-6-5(11)2-4(12-6)3-7(8,9)10/h2,12H,3,11H2,1H3. The molecule has 0 aliphatic heterocycles. The minimum absolute atomic E-state index is 0.106. The van der Waals surface area contributed by atoms with Crippen molar-refractivity contribution >= 4 is 17.4 Å². The molecule has 0 bridgehead atoms. The minimum Gasteiger partial charge on any atom is -0.397 e. The number of nitrogen functional groups attached to an aromatic ring is 1. The van der Waals surface area contributed by atoms with Crippen LogP contribution in [0.1, 0.15) is 5.69 Å². The third-order valence-corrected chi connectivity index (χ3v) is 2.21. The lowest BCUT2D eigenvalue weighted by molar-refractivity contribution is -0.127. The van der Waals surface area contributed by atoms with Crippen molar-refractivity contribution in [3.63, 3.8) is 0 Å². The molecule has 0 saturated carbocycles. The van der Waals surface area contributed by atoms with E-state index >= 15 is 0 Å². The first-order valence-electron chi connectivity index (χ1n) is 3.50. The van der Waals surface area contributed by atoms with Gasteiger partial charge in [0.1, 0.15) is 0 Å². The molecular formula is C7H9F3N2S. The fourth-order valence-corrected chi connectivity index (χ4v) is 1.52. The van der Waals surface area contributed by atoms with E-state index in [1.807, 2.05) is 0 Å². The van der Waals surface area contributed by atoms with Gasteiger partial charge < -0.3 is 10.7 Å². The van der Waals surface area contributed by atoms with Gasteiger partial charge in [-0.1, -0.05) is 0 Å². The van der Waals surface area contributed by atoms with E-state index in [1.165, 1.54) is 17.8 Å². The van der Waals surface area contributed by atoms with Crippen LogP contribution in [0.2, 0.25) is 0 Å². The van der Waals surface area contributed by atoms with Crippen molar-refractivity contribution in [1.29, 1.82) is 0 Å². The van der Waals surface area contributed by atoms with Crippen molar-refractivity contribution in [2.24, 2.45) is 0 Å². The number of hydrogen-bond donors (Lipinski definition) is 2. The van der Waals surface area contributed by atoms with Crippen LogP contribution in [-0.4, -0.2) is 17.4 Å². The number of nitrogens with two attached hydrogens (primary N) is 1. The molecule has 0 aliphatic rings. The normalized spacial score (nSPS) is 12.0. The van der Waals surface area contributed by atoms with Gasteiger partial charge in [0.25, 0.3) is 0 Å². The third-order valence-electron chi connectivity index (χ3n) is 1.46. The van der Waals surface area contributed by atoms with Crippen LogP contribution in [0.4, 0.5) is 18.9 Å². The van der Waals surface area contributed by atoms with E-state index < -0.39 is 12.6 Å². The average Bonchev–Trinajstić information content (AvgIpc) is 2.26. The number of aromatic amines is 1. The number of aromatic nitrogens is 1. The lowest BCUT2D eigenvalue weighted by atomic mass is 10.3. The van der Waals surface area contributed by atoms with Crippen LogP contribution in [-0.2, 0) is 6.42 Å². The van der Waals surface area contributed by atoms with Gasteiger partial charge in [-0.3, -0.25) is 0 Å².